The summed E-state index contributed by atoms with van der Waals surface area (Å²) in [5.41, 5.74) is 1.31. The van der Waals surface area contributed by atoms with Crippen LogP contribution in [0.5, 0.6) is 0 Å². The van der Waals surface area contributed by atoms with E-state index in [1.54, 1.807) is 6.26 Å². The molecule has 1 aromatic rings. The van der Waals surface area contributed by atoms with Crippen LogP contribution >= 0.6 is 0 Å². The number of likely N-dealkylation sites (tertiary alicyclic amines) is 1. The Morgan fingerprint density at radius 2 is 2.44 bits per heavy atom. The molecule has 0 bridgehead atoms. The normalized spacial score (nSPS) is 32.6. The number of piperidine rings is 1. The topological polar surface area (TPSA) is 28.4 Å². The molecule has 2 aliphatic rings. The lowest BCUT2D eigenvalue weighted by Gasteiger charge is -2.40. The van der Waals surface area contributed by atoms with Crippen molar-refractivity contribution in [2.45, 2.75) is 31.8 Å². The molecule has 0 radical (unpaired) electrons. The van der Waals surface area contributed by atoms with Crippen molar-refractivity contribution in [3.63, 3.8) is 0 Å². The zero-order chi connectivity index (χ0) is 11.0. The van der Waals surface area contributed by atoms with E-state index < -0.39 is 0 Å². The summed E-state index contributed by atoms with van der Waals surface area (Å²) >= 11 is 0. The molecule has 3 nitrogen and oxygen atoms in total. The molecular formula is C13H20N2O. The third kappa shape index (κ3) is 1.68. The van der Waals surface area contributed by atoms with Gasteiger partial charge in [0.15, 0.2) is 0 Å². The van der Waals surface area contributed by atoms with Gasteiger partial charge >= 0.3 is 0 Å². The van der Waals surface area contributed by atoms with Crippen molar-refractivity contribution in [3.05, 3.63) is 24.2 Å². The van der Waals surface area contributed by atoms with Crippen LogP contribution in [0, 0.1) is 5.92 Å². The van der Waals surface area contributed by atoms with E-state index >= 15 is 0 Å². The van der Waals surface area contributed by atoms with Crippen molar-refractivity contribution in [1.29, 1.82) is 0 Å². The molecule has 0 spiro atoms. The summed E-state index contributed by atoms with van der Waals surface area (Å²) in [5.74, 6) is 0.864. The molecular weight excluding hydrogens is 200 g/mol. The minimum atomic E-state index is 0.492. The first kappa shape index (κ1) is 10.4. The first-order chi connectivity index (χ1) is 7.86. The first-order valence-corrected chi connectivity index (χ1v) is 6.35. The third-order valence-electron chi connectivity index (χ3n) is 4.24. The van der Waals surface area contributed by atoms with Crippen LogP contribution < -0.4 is 5.32 Å². The van der Waals surface area contributed by atoms with Gasteiger partial charge in [-0.25, -0.2) is 0 Å². The van der Waals surface area contributed by atoms with Crippen LogP contribution in [0.3, 0.4) is 0 Å². The largest absolute Gasteiger partial charge is 0.472 e. The van der Waals surface area contributed by atoms with Crippen LogP contribution in [0.15, 0.2) is 23.0 Å². The van der Waals surface area contributed by atoms with Crippen LogP contribution in [-0.2, 0) is 0 Å². The summed E-state index contributed by atoms with van der Waals surface area (Å²) < 4.78 is 5.20. The summed E-state index contributed by atoms with van der Waals surface area (Å²) in [5, 5.41) is 3.53. The SMILES string of the molecule is CC(c1ccoc1)N1CCCC2CNCC21. The maximum atomic E-state index is 5.20. The van der Waals surface area contributed by atoms with E-state index in [2.05, 4.69) is 23.2 Å². The van der Waals surface area contributed by atoms with Crippen molar-refractivity contribution in [2.75, 3.05) is 19.6 Å². The molecule has 88 valence electrons. The molecule has 0 aliphatic carbocycles. The molecule has 0 amide bonds. The van der Waals surface area contributed by atoms with Gasteiger partial charge in [-0.15, -0.1) is 0 Å². The van der Waals surface area contributed by atoms with Gasteiger partial charge in [0.25, 0.3) is 0 Å². The molecule has 0 saturated carbocycles. The van der Waals surface area contributed by atoms with Crippen LogP contribution in [0.4, 0.5) is 0 Å². The van der Waals surface area contributed by atoms with Crippen molar-refractivity contribution < 1.29 is 4.42 Å². The number of nitrogens with one attached hydrogen (secondary N) is 1. The Balaban J connectivity index is 1.78. The Morgan fingerprint density at radius 3 is 3.25 bits per heavy atom. The van der Waals surface area contributed by atoms with E-state index in [0.717, 1.165) is 18.5 Å². The highest BCUT2D eigenvalue weighted by atomic mass is 16.3. The number of hydrogen-bond donors (Lipinski definition) is 1. The van der Waals surface area contributed by atoms with Gasteiger partial charge in [-0.05, 0) is 44.8 Å². The van der Waals surface area contributed by atoms with E-state index in [1.165, 1.54) is 31.5 Å². The lowest BCUT2D eigenvalue weighted by molar-refractivity contribution is 0.0845. The molecule has 2 fully saturated rings. The zero-order valence-electron chi connectivity index (χ0n) is 9.86. The number of rotatable bonds is 2. The second-order valence-corrected chi connectivity index (χ2v) is 5.10. The van der Waals surface area contributed by atoms with Gasteiger partial charge < -0.3 is 9.73 Å². The number of furan rings is 1. The molecule has 1 N–H and O–H groups in total. The van der Waals surface area contributed by atoms with Crippen LogP contribution in [0.2, 0.25) is 0 Å². The van der Waals surface area contributed by atoms with E-state index in [0.29, 0.717) is 6.04 Å². The molecule has 3 atom stereocenters. The highest BCUT2D eigenvalue weighted by molar-refractivity contribution is 5.12. The van der Waals surface area contributed by atoms with Gasteiger partial charge in [-0.3, -0.25) is 4.90 Å². The molecule has 2 saturated heterocycles. The predicted octanol–water partition coefficient (Wildman–Crippen LogP) is 2.02. The maximum Gasteiger partial charge on any atom is 0.0950 e. The standard InChI is InChI=1S/C13H20N2O/c1-10(12-4-6-16-9-12)15-5-2-3-11-7-14-8-13(11)15/h4,6,9-11,13-14H,2-3,5,7-8H2,1H3. The van der Waals surface area contributed by atoms with Crippen molar-refractivity contribution in [3.8, 4) is 0 Å². The quantitative estimate of drug-likeness (QED) is 0.826. The molecule has 0 aromatic carbocycles. The van der Waals surface area contributed by atoms with E-state index in [4.69, 9.17) is 4.42 Å². The van der Waals surface area contributed by atoms with Gasteiger partial charge in [0, 0.05) is 24.2 Å². The van der Waals surface area contributed by atoms with Gasteiger partial charge in [0.1, 0.15) is 0 Å². The summed E-state index contributed by atoms with van der Waals surface area (Å²) in [6.07, 6.45) is 6.40. The fourth-order valence-electron chi connectivity index (χ4n) is 3.29. The summed E-state index contributed by atoms with van der Waals surface area (Å²) in [6, 6.07) is 3.32. The Hall–Kier alpha value is -0.800. The molecule has 16 heavy (non-hydrogen) atoms. The van der Waals surface area contributed by atoms with Gasteiger partial charge in [0.2, 0.25) is 0 Å². The highest BCUT2D eigenvalue weighted by Crippen LogP contribution is 2.33. The predicted molar refractivity (Wildman–Crippen MR) is 63.2 cm³/mol. The molecule has 3 heterocycles. The molecule has 3 rings (SSSR count). The number of hydrogen-bond acceptors (Lipinski definition) is 3. The summed E-state index contributed by atoms with van der Waals surface area (Å²) in [7, 11) is 0. The van der Waals surface area contributed by atoms with Crippen LogP contribution in [0.25, 0.3) is 0 Å². The second-order valence-electron chi connectivity index (χ2n) is 5.10. The lowest BCUT2D eigenvalue weighted by Crippen LogP contribution is -2.46. The van der Waals surface area contributed by atoms with E-state index in [-0.39, 0.29) is 0 Å². The fourth-order valence-corrected chi connectivity index (χ4v) is 3.29. The zero-order valence-corrected chi connectivity index (χ0v) is 9.86. The third-order valence-corrected chi connectivity index (χ3v) is 4.24. The smallest absolute Gasteiger partial charge is 0.0950 e. The number of nitrogens with zero attached hydrogens (tertiary/aromatic N) is 1. The van der Waals surface area contributed by atoms with Crippen LogP contribution in [0.1, 0.15) is 31.4 Å². The Kier molecular flexibility index (Phi) is 2.74. The van der Waals surface area contributed by atoms with Crippen molar-refractivity contribution >= 4 is 0 Å². The lowest BCUT2D eigenvalue weighted by atomic mass is 9.90. The maximum absolute atomic E-state index is 5.20. The summed E-state index contributed by atoms with van der Waals surface area (Å²) in [4.78, 5) is 2.65. The highest BCUT2D eigenvalue weighted by Gasteiger charge is 2.37. The average molecular weight is 220 g/mol. The second kappa shape index (κ2) is 4.22. The Morgan fingerprint density at radius 1 is 1.50 bits per heavy atom. The van der Waals surface area contributed by atoms with E-state index in [1.807, 2.05) is 6.26 Å². The molecule has 3 heteroatoms. The van der Waals surface area contributed by atoms with Gasteiger partial charge in [-0.2, -0.15) is 0 Å². The van der Waals surface area contributed by atoms with Gasteiger partial charge in [-0.1, -0.05) is 0 Å². The molecule has 2 aliphatic heterocycles. The summed E-state index contributed by atoms with van der Waals surface area (Å²) in [6.45, 7) is 5.90. The average Bonchev–Trinajstić information content (AvgIpc) is 2.98. The Labute approximate surface area is 96.8 Å². The minimum absolute atomic E-state index is 0.492. The van der Waals surface area contributed by atoms with Crippen molar-refractivity contribution in [1.82, 2.24) is 10.2 Å². The first-order valence-electron chi connectivity index (χ1n) is 6.35. The monoisotopic (exact) mass is 220 g/mol. The molecule has 1 aromatic heterocycles. The molecule has 3 unspecified atom stereocenters. The van der Waals surface area contributed by atoms with Crippen molar-refractivity contribution in [2.24, 2.45) is 5.92 Å². The van der Waals surface area contributed by atoms with Gasteiger partial charge in [0.05, 0.1) is 12.5 Å². The number of fused-ring (bicyclic) bond motifs is 1. The van der Waals surface area contributed by atoms with E-state index in [9.17, 15) is 0 Å². The fraction of sp³-hybridized carbons (Fsp3) is 0.692. The minimum Gasteiger partial charge on any atom is -0.472 e. The Bertz CT molecular complexity index is 336. The van der Waals surface area contributed by atoms with Crippen LogP contribution in [-0.4, -0.2) is 30.6 Å².